The summed E-state index contributed by atoms with van der Waals surface area (Å²) in [7, 11) is 0. The number of benzene rings is 2. The van der Waals surface area contributed by atoms with E-state index in [-0.39, 0.29) is 5.69 Å². The zero-order valence-corrected chi connectivity index (χ0v) is 13.1. The van der Waals surface area contributed by atoms with Gasteiger partial charge in [0.05, 0.1) is 10.7 Å². The maximum absolute atomic E-state index is 13.5. The molecule has 0 bridgehead atoms. The highest BCUT2D eigenvalue weighted by Gasteiger charge is 2.16. The summed E-state index contributed by atoms with van der Waals surface area (Å²) in [5.41, 5.74) is 0.519. The van der Waals surface area contributed by atoms with Crippen LogP contribution in [0.1, 0.15) is 5.56 Å². The Morgan fingerprint density at radius 3 is 2.75 bits per heavy atom. The summed E-state index contributed by atoms with van der Waals surface area (Å²) in [4.78, 5) is 11.8. The molecule has 0 radical (unpaired) electrons. The number of hydrogen-bond donors (Lipinski definition) is 1. The van der Waals surface area contributed by atoms with Gasteiger partial charge in [0.15, 0.2) is 11.5 Å². The zero-order valence-electron chi connectivity index (χ0n) is 12.3. The molecule has 7 heteroatoms. The van der Waals surface area contributed by atoms with Crippen LogP contribution in [-0.2, 0) is 4.79 Å². The fourth-order valence-electron chi connectivity index (χ4n) is 2.16. The molecule has 1 N–H and O–H groups in total. The van der Waals surface area contributed by atoms with Crippen molar-refractivity contribution in [2.75, 3.05) is 18.5 Å². The van der Waals surface area contributed by atoms with Crippen molar-refractivity contribution < 1.29 is 23.0 Å². The first kappa shape index (κ1) is 16.3. The molecule has 0 atom stereocenters. The number of fused-ring (bicyclic) bond motifs is 1. The molecule has 2 aromatic carbocycles. The minimum Gasteiger partial charge on any atom is -0.486 e. The van der Waals surface area contributed by atoms with Gasteiger partial charge < -0.3 is 14.8 Å². The van der Waals surface area contributed by atoms with Crippen LogP contribution in [0.4, 0.5) is 14.5 Å². The van der Waals surface area contributed by atoms with E-state index >= 15 is 0 Å². The van der Waals surface area contributed by atoms with Crippen molar-refractivity contribution in [3.8, 4) is 11.5 Å². The van der Waals surface area contributed by atoms with Crippen molar-refractivity contribution in [3.05, 3.63) is 58.6 Å². The van der Waals surface area contributed by atoms with Crippen LogP contribution in [0.15, 0.2) is 36.4 Å². The monoisotopic (exact) mass is 351 g/mol. The number of rotatable bonds is 3. The predicted octanol–water partition coefficient (Wildman–Crippen LogP) is 4.04. The van der Waals surface area contributed by atoms with E-state index in [0.717, 1.165) is 12.1 Å². The Labute approximate surface area is 141 Å². The summed E-state index contributed by atoms with van der Waals surface area (Å²) in [5.74, 6) is -1.16. The van der Waals surface area contributed by atoms with Crippen LogP contribution in [0.2, 0.25) is 5.02 Å². The molecule has 24 heavy (non-hydrogen) atoms. The number of ether oxygens (including phenoxy) is 2. The summed E-state index contributed by atoms with van der Waals surface area (Å²) in [6.45, 7) is 0.842. The molecular formula is C17H12ClF2NO3. The third-order valence-electron chi connectivity index (χ3n) is 3.24. The van der Waals surface area contributed by atoms with E-state index in [9.17, 15) is 13.6 Å². The van der Waals surface area contributed by atoms with E-state index in [0.29, 0.717) is 41.4 Å². The summed E-state index contributed by atoms with van der Waals surface area (Å²) >= 11 is 6.10. The van der Waals surface area contributed by atoms with Crippen molar-refractivity contribution in [3.63, 3.8) is 0 Å². The van der Waals surface area contributed by atoms with Gasteiger partial charge in [-0.25, -0.2) is 8.78 Å². The van der Waals surface area contributed by atoms with E-state index in [2.05, 4.69) is 5.32 Å². The second kappa shape index (κ2) is 6.88. The number of amides is 1. The first-order valence-electron chi connectivity index (χ1n) is 7.06. The third-order valence-corrected chi connectivity index (χ3v) is 3.52. The molecule has 0 fully saturated rings. The summed E-state index contributed by atoms with van der Waals surface area (Å²) in [6, 6.07) is 6.21. The van der Waals surface area contributed by atoms with Crippen LogP contribution >= 0.6 is 11.6 Å². The Bertz CT molecular complexity index is 824. The van der Waals surface area contributed by atoms with Crippen LogP contribution in [0.3, 0.4) is 0 Å². The Hall–Kier alpha value is -2.60. The van der Waals surface area contributed by atoms with Crippen molar-refractivity contribution in [2.45, 2.75) is 0 Å². The van der Waals surface area contributed by atoms with Gasteiger partial charge in [-0.05, 0) is 35.9 Å². The molecule has 0 spiro atoms. The number of carbonyl (C=O) groups excluding carboxylic acids is 1. The van der Waals surface area contributed by atoms with Gasteiger partial charge in [0.1, 0.15) is 24.8 Å². The van der Waals surface area contributed by atoms with Crippen LogP contribution < -0.4 is 14.8 Å². The number of anilines is 1. The highest BCUT2D eigenvalue weighted by Crippen LogP contribution is 2.38. The van der Waals surface area contributed by atoms with Crippen molar-refractivity contribution in [2.24, 2.45) is 0 Å². The standard InChI is InChI=1S/C17H12ClF2NO3/c18-12-7-10(8-15-17(12)24-6-5-23-15)1-4-16(22)21-14-3-2-11(19)9-13(14)20/h1-4,7-9H,5-6H2,(H,21,22)/b4-1+. The minimum atomic E-state index is -0.848. The van der Waals surface area contributed by atoms with Gasteiger partial charge in [-0.15, -0.1) is 0 Å². The SMILES string of the molecule is O=C(/C=C/c1cc(Cl)c2c(c1)OCCO2)Nc1ccc(F)cc1F. The van der Waals surface area contributed by atoms with E-state index in [1.807, 2.05) is 0 Å². The molecule has 1 aliphatic rings. The summed E-state index contributed by atoms with van der Waals surface area (Å²) in [6.07, 6.45) is 2.71. The fraction of sp³-hybridized carbons (Fsp3) is 0.118. The second-order valence-corrected chi connectivity index (χ2v) is 5.38. The smallest absolute Gasteiger partial charge is 0.248 e. The molecule has 0 unspecified atom stereocenters. The molecule has 4 nitrogen and oxygen atoms in total. The van der Waals surface area contributed by atoms with Crippen LogP contribution in [0, 0.1) is 11.6 Å². The van der Waals surface area contributed by atoms with Crippen LogP contribution in [0.25, 0.3) is 6.08 Å². The van der Waals surface area contributed by atoms with Gasteiger partial charge in [0, 0.05) is 12.1 Å². The minimum absolute atomic E-state index is 0.105. The maximum Gasteiger partial charge on any atom is 0.248 e. The van der Waals surface area contributed by atoms with E-state index in [1.54, 1.807) is 12.1 Å². The molecule has 0 saturated heterocycles. The molecule has 0 aromatic heterocycles. The Morgan fingerprint density at radius 2 is 1.96 bits per heavy atom. The lowest BCUT2D eigenvalue weighted by molar-refractivity contribution is -0.111. The Morgan fingerprint density at radius 1 is 1.17 bits per heavy atom. The normalized spacial score (nSPS) is 13.1. The fourth-order valence-corrected chi connectivity index (χ4v) is 2.44. The van der Waals surface area contributed by atoms with Crippen molar-refractivity contribution in [1.29, 1.82) is 0 Å². The number of hydrogen-bond acceptors (Lipinski definition) is 3. The van der Waals surface area contributed by atoms with Gasteiger partial charge in [0.2, 0.25) is 5.91 Å². The lowest BCUT2D eigenvalue weighted by atomic mass is 10.1. The molecule has 2 aromatic rings. The maximum atomic E-state index is 13.5. The highest BCUT2D eigenvalue weighted by atomic mass is 35.5. The Balaban J connectivity index is 1.73. The van der Waals surface area contributed by atoms with Crippen LogP contribution in [0.5, 0.6) is 11.5 Å². The molecular weight excluding hydrogens is 340 g/mol. The van der Waals surface area contributed by atoms with E-state index in [1.165, 1.54) is 12.2 Å². The van der Waals surface area contributed by atoms with Crippen molar-refractivity contribution >= 4 is 29.3 Å². The molecule has 1 heterocycles. The molecule has 0 saturated carbocycles. The first-order chi connectivity index (χ1) is 11.5. The van der Waals surface area contributed by atoms with Gasteiger partial charge in [-0.3, -0.25) is 4.79 Å². The predicted molar refractivity (Wildman–Crippen MR) is 86.5 cm³/mol. The van der Waals surface area contributed by atoms with Gasteiger partial charge in [-0.1, -0.05) is 11.6 Å². The van der Waals surface area contributed by atoms with Gasteiger partial charge in [0.25, 0.3) is 0 Å². The molecule has 1 amide bonds. The van der Waals surface area contributed by atoms with Crippen LogP contribution in [-0.4, -0.2) is 19.1 Å². The topological polar surface area (TPSA) is 47.6 Å². The molecule has 0 aliphatic carbocycles. The highest BCUT2D eigenvalue weighted by molar-refractivity contribution is 6.32. The zero-order chi connectivity index (χ0) is 17.1. The number of carbonyl (C=O) groups is 1. The average Bonchev–Trinajstić information content (AvgIpc) is 2.56. The quantitative estimate of drug-likeness (QED) is 0.849. The third kappa shape index (κ3) is 3.65. The summed E-state index contributed by atoms with van der Waals surface area (Å²) < 4.78 is 37.2. The number of halogens is 3. The first-order valence-corrected chi connectivity index (χ1v) is 7.44. The largest absolute Gasteiger partial charge is 0.486 e. The second-order valence-electron chi connectivity index (χ2n) is 4.97. The average molecular weight is 352 g/mol. The van der Waals surface area contributed by atoms with Gasteiger partial charge in [-0.2, -0.15) is 0 Å². The van der Waals surface area contributed by atoms with Gasteiger partial charge >= 0.3 is 0 Å². The van der Waals surface area contributed by atoms with E-state index < -0.39 is 17.5 Å². The summed E-state index contributed by atoms with van der Waals surface area (Å²) in [5, 5.41) is 2.70. The molecule has 1 aliphatic heterocycles. The number of nitrogens with one attached hydrogen (secondary N) is 1. The molecule has 124 valence electrons. The lowest BCUT2D eigenvalue weighted by Crippen LogP contribution is -2.15. The lowest BCUT2D eigenvalue weighted by Gasteiger charge is -2.19. The Kier molecular flexibility index (Phi) is 4.66. The van der Waals surface area contributed by atoms with Crippen molar-refractivity contribution in [1.82, 2.24) is 0 Å². The van der Waals surface area contributed by atoms with E-state index in [4.69, 9.17) is 21.1 Å². The molecule has 3 rings (SSSR count).